The van der Waals surface area contributed by atoms with E-state index in [1.807, 2.05) is 30.3 Å². The van der Waals surface area contributed by atoms with Crippen LogP contribution in [0.2, 0.25) is 0 Å². The summed E-state index contributed by atoms with van der Waals surface area (Å²) >= 11 is 0. The number of rotatable bonds is 7. The maximum atomic E-state index is 12.9. The molecule has 0 unspecified atom stereocenters. The van der Waals surface area contributed by atoms with Gasteiger partial charge >= 0.3 is 0 Å². The van der Waals surface area contributed by atoms with Gasteiger partial charge in [-0.25, -0.2) is 18.4 Å². The van der Waals surface area contributed by atoms with Crippen molar-refractivity contribution in [2.45, 2.75) is 25.8 Å². The van der Waals surface area contributed by atoms with Crippen molar-refractivity contribution in [3.63, 3.8) is 0 Å². The van der Waals surface area contributed by atoms with Gasteiger partial charge in [-0.3, -0.25) is 4.79 Å². The van der Waals surface area contributed by atoms with Crippen LogP contribution < -0.4 is 10.2 Å². The molecule has 2 aliphatic rings. The second-order valence-corrected chi connectivity index (χ2v) is 10.2. The van der Waals surface area contributed by atoms with Crippen LogP contribution in [0.3, 0.4) is 0 Å². The van der Waals surface area contributed by atoms with Gasteiger partial charge in [0.25, 0.3) is 5.91 Å². The molecule has 1 amide bonds. The minimum Gasteiger partial charge on any atom is -0.354 e. The fourth-order valence-corrected chi connectivity index (χ4v) is 4.07. The second kappa shape index (κ2) is 8.18. The number of carbonyl (C=O) groups is 1. The molecule has 1 aliphatic heterocycles. The number of benzene rings is 1. The summed E-state index contributed by atoms with van der Waals surface area (Å²) in [6, 6.07) is 9.40. The van der Waals surface area contributed by atoms with E-state index in [1.54, 1.807) is 6.08 Å². The maximum Gasteiger partial charge on any atom is 0.271 e. The lowest BCUT2D eigenvalue weighted by molar-refractivity contribution is 0.0935. The zero-order valence-corrected chi connectivity index (χ0v) is 18.0. The quantitative estimate of drug-likeness (QED) is 0.732. The van der Waals surface area contributed by atoms with Crippen molar-refractivity contribution in [2.24, 2.45) is 11.8 Å². The zero-order valence-electron chi connectivity index (χ0n) is 17.2. The van der Waals surface area contributed by atoms with Gasteiger partial charge in [0.1, 0.15) is 11.4 Å². The monoisotopic (exact) mass is 426 g/mol. The Morgan fingerprint density at radius 3 is 2.53 bits per heavy atom. The third-order valence-electron chi connectivity index (χ3n) is 5.36. The SMILES string of the molecule is CC1CN(c2ncc(C(=O)N[C@H](/C=C/S(C)(=O)=O)C3CC3)nc2-c2ccccc2)C1. The Morgan fingerprint density at radius 1 is 1.23 bits per heavy atom. The van der Waals surface area contributed by atoms with Crippen LogP contribution in [-0.2, 0) is 9.84 Å². The van der Waals surface area contributed by atoms with Crippen LogP contribution in [0.5, 0.6) is 0 Å². The molecular weight excluding hydrogens is 400 g/mol. The minimum absolute atomic E-state index is 0.226. The predicted octanol–water partition coefficient (Wildman–Crippen LogP) is 2.67. The first kappa shape index (κ1) is 20.5. The van der Waals surface area contributed by atoms with E-state index in [-0.39, 0.29) is 23.6 Å². The van der Waals surface area contributed by atoms with Crippen LogP contribution in [0, 0.1) is 11.8 Å². The highest BCUT2D eigenvalue weighted by atomic mass is 32.2. The van der Waals surface area contributed by atoms with Gasteiger partial charge in [-0.05, 0) is 24.7 Å². The average Bonchev–Trinajstić information content (AvgIpc) is 3.53. The van der Waals surface area contributed by atoms with Gasteiger partial charge in [-0.15, -0.1) is 0 Å². The molecular formula is C22H26N4O3S. The molecule has 0 radical (unpaired) electrons. The lowest BCUT2D eigenvalue weighted by Crippen LogP contribution is -2.46. The zero-order chi connectivity index (χ0) is 21.3. The summed E-state index contributed by atoms with van der Waals surface area (Å²) in [6.45, 7) is 4.02. The fraction of sp³-hybridized carbons (Fsp3) is 0.409. The Hall–Kier alpha value is -2.74. The number of amides is 1. The van der Waals surface area contributed by atoms with E-state index in [2.05, 4.69) is 27.1 Å². The van der Waals surface area contributed by atoms with Crippen LogP contribution in [0.25, 0.3) is 11.3 Å². The van der Waals surface area contributed by atoms with Crippen molar-refractivity contribution < 1.29 is 13.2 Å². The lowest BCUT2D eigenvalue weighted by atomic mass is 10.0. The molecule has 158 valence electrons. The normalized spacial score (nSPS) is 18.3. The van der Waals surface area contributed by atoms with Crippen molar-refractivity contribution in [1.29, 1.82) is 0 Å². The molecule has 1 aliphatic carbocycles. The predicted molar refractivity (Wildman–Crippen MR) is 117 cm³/mol. The summed E-state index contributed by atoms with van der Waals surface area (Å²) in [6.07, 6.45) is 6.14. The van der Waals surface area contributed by atoms with Crippen molar-refractivity contribution in [3.05, 3.63) is 53.7 Å². The number of anilines is 1. The molecule has 1 N–H and O–H groups in total. The number of aromatic nitrogens is 2. The third-order valence-corrected chi connectivity index (χ3v) is 6.01. The molecule has 1 aromatic heterocycles. The number of nitrogens with one attached hydrogen (secondary N) is 1. The van der Waals surface area contributed by atoms with Gasteiger partial charge in [-0.1, -0.05) is 43.3 Å². The smallest absolute Gasteiger partial charge is 0.271 e. The summed E-state index contributed by atoms with van der Waals surface area (Å²) in [5.41, 5.74) is 1.82. The number of sulfone groups is 1. The van der Waals surface area contributed by atoms with E-state index in [4.69, 9.17) is 0 Å². The van der Waals surface area contributed by atoms with Crippen LogP contribution in [0.4, 0.5) is 5.82 Å². The molecule has 30 heavy (non-hydrogen) atoms. The molecule has 0 spiro atoms. The number of hydrogen-bond donors (Lipinski definition) is 1. The minimum atomic E-state index is -3.25. The van der Waals surface area contributed by atoms with Crippen molar-refractivity contribution >= 4 is 21.6 Å². The largest absolute Gasteiger partial charge is 0.354 e. The summed E-state index contributed by atoms with van der Waals surface area (Å²) < 4.78 is 22.9. The molecule has 7 nitrogen and oxygen atoms in total. The third kappa shape index (κ3) is 4.87. The molecule has 4 rings (SSSR count). The van der Waals surface area contributed by atoms with Crippen LogP contribution in [0.1, 0.15) is 30.3 Å². The first-order valence-electron chi connectivity index (χ1n) is 10.2. The van der Waals surface area contributed by atoms with Crippen LogP contribution in [-0.4, -0.2) is 49.7 Å². The molecule has 2 heterocycles. The average molecular weight is 427 g/mol. The van der Waals surface area contributed by atoms with E-state index >= 15 is 0 Å². The van der Waals surface area contributed by atoms with E-state index in [9.17, 15) is 13.2 Å². The standard InChI is InChI=1S/C22H26N4O3S/c1-15-13-26(14-15)21-20(17-6-4-3-5-7-17)24-19(12-23-21)22(27)25-18(16-8-9-16)10-11-30(2,28)29/h3-7,10-12,15-16,18H,8-9,13-14H2,1-2H3,(H,25,27)/b11-10+/t18-/m1/s1. The molecule has 8 heteroatoms. The molecule has 1 aromatic carbocycles. The summed E-state index contributed by atoms with van der Waals surface area (Å²) in [5, 5.41) is 4.08. The Kier molecular flexibility index (Phi) is 5.60. The number of nitrogens with zero attached hydrogens (tertiary/aromatic N) is 3. The highest BCUT2D eigenvalue weighted by molar-refractivity contribution is 7.93. The first-order chi connectivity index (χ1) is 14.3. The molecule has 0 bridgehead atoms. The van der Waals surface area contributed by atoms with Crippen molar-refractivity contribution in [2.75, 3.05) is 24.2 Å². The maximum absolute atomic E-state index is 12.9. The number of hydrogen-bond acceptors (Lipinski definition) is 6. The molecule has 2 aromatic rings. The Labute approximate surface area is 177 Å². The number of carbonyl (C=O) groups excluding carboxylic acids is 1. The second-order valence-electron chi connectivity index (χ2n) is 8.30. The van der Waals surface area contributed by atoms with Gasteiger partial charge < -0.3 is 10.2 Å². The Balaban J connectivity index is 1.60. The van der Waals surface area contributed by atoms with Crippen LogP contribution in [0.15, 0.2) is 48.0 Å². The Morgan fingerprint density at radius 2 is 1.93 bits per heavy atom. The summed E-state index contributed by atoms with van der Waals surface area (Å²) in [7, 11) is -3.25. The van der Waals surface area contributed by atoms with Crippen molar-refractivity contribution in [1.82, 2.24) is 15.3 Å². The van der Waals surface area contributed by atoms with Crippen LogP contribution >= 0.6 is 0 Å². The molecule has 2 fully saturated rings. The van der Waals surface area contributed by atoms with Gasteiger partial charge in [0.15, 0.2) is 15.7 Å². The highest BCUT2D eigenvalue weighted by Gasteiger charge is 2.32. The topological polar surface area (TPSA) is 92.3 Å². The Bertz CT molecular complexity index is 1060. The van der Waals surface area contributed by atoms with Crippen molar-refractivity contribution in [3.8, 4) is 11.3 Å². The van der Waals surface area contributed by atoms with Gasteiger partial charge in [0, 0.05) is 30.3 Å². The lowest BCUT2D eigenvalue weighted by Gasteiger charge is -2.38. The first-order valence-corrected chi connectivity index (χ1v) is 12.1. The fourth-order valence-electron chi connectivity index (χ4n) is 3.62. The molecule has 1 atom stereocenters. The summed E-state index contributed by atoms with van der Waals surface area (Å²) in [5.74, 6) is 1.31. The summed E-state index contributed by atoms with van der Waals surface area (Å²) in [4.78, 5) is 24.3. The van der Waals surface area contributed by atoms with E-state index in [1.165, 1.54) is 6.20 Å². The molecule has 1 saturated heterocycles. The van der Waals surface area contributed by atoms with Gasteiger partial charge in [0.2, 0.25) is 0 Å². The van der Waals surface area contributed by atoms with E-state index in [0.717, 1.165) is 49.0 Å². The van der Waals surface area contributed by atoms with E-state index < -0.39 is 9.84 Å². The van der Waals surface area contributed by atoms with Gasteiger partial charge in [-0.2, -0.15) is 0 Å². The highest BCUT2D eigenvalue weighted by Crippen LogP contribution is 2.34. The van der Waals surface area contributed by atoms with E-state index in [0.29, 0.717) is 11.6 Å². The van der Waals surface area contributed by atoms with Gasteiger partial charge in [0.05, 0.1) is 12.2 Å². The molecule has 1 saturated carbocycles.